The van der Waals surface area contributed by atoms with E-state index in [1.54, 1.807) is 4.88 Å². The maximum atomic E-state index is 5.38. The van der Waals surface area contributed by atoms with E-state index in [1.807, 2.05) is 24.5 Å². The fraction of sp³-hybridized carbons (Fsp3) is 0.484. The van der Waals surface area contributed by atoms with Gasteiger partial charge in [0.15, 0.2) is 0 Å². The molecule has 2 heterocycles. The minimum Gasteiger partial charge on any atom is -0.354 e. The fourth-order valence-electron chi connectivity index (χ4n) is 4.59. The van der Waals surface area contributed by atoms with E-state index in [-0.39, 0.29) is 25.8 Å². The molecule has 2 aliphatic carbocycles. The van der Waals surface area contributed by atoms with Crippen LogP contribution in [0.1, 0.15) is 50.5 Å². The summed E-state index contributed by atoms with van der Waals surface area (Å²) in [5.41, 5.74) is 9.76. The van der Waals surface area contributed by atoms with E-state index >= 15 is 0 Å². The second-order valence-corrected chi connectivity index (χ2v) is 10.5. The van der Waals surface area contributed by atoms with Gasteiger partial charge in [-0.05, 0) is 58.1 Å². The van der Waals surface area contributed by atoms with Gasteiger partial charge in [-0.3, -0.25) is 0 Å². The summed E-state index contributed by atoms with van der Waals surface area (Å²) in [5.74, 6) is 1.97. The number of piperazine rings is 1. The molecule has 0 aromatic carbocycles. The maximum absolute atomic E-state index is 5.38. The van der Waals surface area contributed by atoms with Crippen LogP contribution in [0.3, 0.4) is 0 Å². The smallest absolute Gasteiger partial charge is 0.137 e. The van der Waals surface area contributed by atoms with Crippen molar-refractivity contribution in [2.24, 2.45) is 16.6 Å². The van der Waals surface area contributed by atoms with Crippen LogP contribution >= 0.6 is 11.3 Å². The Morgan fingerprint density at radius 1 is 1.19 bits per heavy atom. The summed E-state index contributed by atoms with van der Waals surface area (Å²) >= 11 is 1.90. The average Bonchev–Trinajstić information content (AvgIpc) is 3.22. The molecule has 3 aliphatic rings. The van der Waals surface area contributed by atoms with Gasteiger partial charge < -0.3 is 15.5 Å². The van der Waals surface area contributed by atoms with Gasteiger partial charge in [0.05, 0.1) is 0 Å². The Balaban J connectivity index is 0.000000730. The summed E-state index contributed by atoms with van der Waals surface area (Å²) in [6.45, 7) is 21.9. The van der Waals surface area contributed by atoms with E-state index in [1.165, 1.54) is 58.6 Å². The first-order chi connectivity index (χ1) is 17.4. The molecule has 37 heavy (non-hydrogen) atoms. The summed E-state index contributed by atoms with van der Waals surface area (Å²) < 4.78 is 1.21. The van der Waals surface area contributed by atoms with Gasteiger partial charge in [-0.1, -0.05) is 32.0 Å². The molecule has 0 saturated carbocycles. The minimum atomic E-state index is 0. The van der Waals surface area contributed by atoms with Crippen molar-refractivity contribution in [3.8, 4) is 12.8 Å². The van der Waals surface area contributed by atoms with Crippen molar-refractivity contribution in [2.45, 2.75) is 52.9 Å². The summed E-state index contributed by atoms with van der Waals surface area (Å²) in [4.78, 5) is 11.2. The van der Waals surface area contributed by atoms with Crippen molar-refractivity contribution in [3.63, 3.8) is 0 Å². The monoisotopic (exact) mass is 687 g/mol. The van der Waals surface area contributed by atoms with Gasteiger partial charge in [0.2, 0.25) is 0 Å². The molecule has 1 fully saturated rings. The second kappa shape index (κ2) is 19.4. The van der Waals surface area contributed by atoms with Crippen LogP contribution in [0.4, 0.5) is 0 Å². The topological polar surface area (TPSA) is 44.9 Å². The molecule has 1 saturated heterocycles. The van der Waals surface area contributed by atoms with E-state index in [0.717, 1.165) is 37.9 Å². The number of aliphatic imine (C=N–C) groups is 1. The molecule has 0 bridgehead atoms. The first kappa shape index (κ1) is 35.4. The third-order valence-corrected chi connectivity index (χ3v) is 7.74. The fourth-order valence-corrected chi connectivity index (χ4v) is 5.90. The van der Waals surface area contributed by atoms with Crippen molar-refractivity contribution in [1.29, 1.82) is 0 Å². The summed E-state index contributed by atoms with van der Waals surface area (Å²) in [7, 11) is 2.20. The Morgan fingerprint density at radius 2 is 1.84 bits per heavy atom. The Morgan fingerprint density at radius 3 is 2.38 bits per heavy atom. The van der Waals surface area contributed by atoms with Crippen LogP contribution < -0.4 is 15.5 Å². The van der Waals surface area contributed by atoms with Gasteiger partial charge >= 0.3 is 0 Å². The molecule has 1 unspecified atom stereocenters. The number of rotatable bonds is 4. The number of fused-ring (bicyclic) bond motifs is 1. The number of nitrogens with two attached hydrogens (primary N) is 1. The number of thiophene rings is 1. The van der Waals surface area contributed by atoms with Crippen LogP contribution in [0, 0.1) is 25.2 Å². The molecule has 202 valence electrons. The van der Waals surface area contributed by atoms with Gasteiger partial charge in [-0.15, -0.1) is 43.4 Å². The molecular weight excluding hydrogens is 639 g/mol. The first-order valence-electron chi connectivity index (χ1n) is 12.9. The van der Waals surface area contributed by atoms with E-state index in [2.05, 4.69) is 81.9 Å². The number of hydrogen-bond acceptors (Lipinski definition) is 5. The van der Waals surface area contributed by atoms with Crippen molar-refractivity contribution in [1.82, 2.24) is 9.80 Å². The molecule has 1 atom stereocenters. The molecular formula is C31H47HfN4S-. The largest absolute Gasteiger partial charge is 0.354 e. The number of nitrogens with zero attached hydrogens (tertiary/aromatic N) is 3. The van der Waals surface area contributed by atoms with Gasteiger partial charge in [-0.25, -0.2) is 23.1 Å². The number of terminal acetylenes is 1. The molecule has 0 spiro atoms. The molecule has 2 N–H and O–H groups in total. The van der Waals surface area contributed by atoms with Crippen LogP contribution in [0.15, 0.2) is 41.4 Å². The maximum Gasteiger partial charge on any atom is 0.137 e. The van der Waals surface area contributed by atoms with E-state index in [4.69, 9.17) is 10.7 Å². The third-order valence-electron chi connectivity index (χ3n) is 6.63. The average molecular weight is 686 g/mol. The standard InChI is InChI=1S/C18H27N3S.C9H14N.C2H4.C2H2.Hf/c1-5-19-18(21-10-8-20(4)9-11-21)17-14(3)22-16-12-13(2)6-7-15(16)17;1-8-2-4-9(5-3-8)6-7-10;2*1-2;/h5,13H,3,6-12H2,1-2,4H3;2,4,6H,3,5,7,10H2,1H3;1-2H2;1-2H;/q;-1;;;/b18-17-,19-5-;;;;. The van der Waals surface area contributed by atoms with Crippen LogP contribution in [-0.4, -0.2) is 55.8 Å². The number of hydrogen-bond donors (Lipinski definition) is 1. The van der Waals surface area contributed by atoms with Crippen molar-refractivity contribution in [2.75, 3.05) is 39.8 Å². The van der Waals surface area contributed by atoms with Gasteiger partial charge in [0.1, 0.15) is 5.82 Å². The third kappa shape index (κ3) is 10.9. The zero-order chi connectivity index (χ0) is 27.1. The molecule has 0 radical (unpaired) electrons. The van der Waals surface area contributed by atoms with Gasteiger partial charge in [0.25, 0.3) is 0 Å². The van der Waals surface area contributed by atoms with Crippen LogP contribution in [0.2, 0.25) is 0 Å². The number of allylic oxidation sites excluding steroid dienone is 3. The van der Waals surface area contributed by atoms with E-state index < -0.39 is 0 Å². The first-order valence-corrected chi connectivity index (χ1v) is 13.7. The van der Waals surface area contributed by atoms with Crippen molar-refractivity contribution >= 4 is 30.0 Å². The van der Waals surface area contributed by atoms with E-state index in [0.29, 0.717) is 6.54 Å². The second-order valence-electron chi connectivity index (χ2n) is 9.35. The minimum absolute atomic E-state index is 0. The Hall–Kier alpha value is -1.65. The molecule has 1 aliphatic heterocycles. The predicted molar refractivity (Wildman–Crippen MR) is 162 cm³/mol. The molecule has 1 aromatic heterocycles. The SMILES string of the molecule is C#C.C=C.C=c1sc2c(/c1=C(/N=C\C)N1CCN(C)CC1)CCC(C)C2.CC1=CC=C([CH-]CN)CC1.[Hf]. The van der Waals surface area contributed by atoms with Gasteiger partial charge in [-0.2, -0.15) is 0 Å². The molecule has 1 aromatic rings. The zero-order valence-corrected chi connectivity index (χ0v) is 28.0. The molecule has 4 rings (SSSR count). The molecule has 6 heteroatoms. The normalized spacial score (nSPS) is 19.6. The Labute approximate surface area is 249 Å². The molecule has 4 nitrogen and oxygen atoms in total. The van der Waals surface area contributed by atoms with Crippen LogP contribution in [0.25, 0.3) is 12.4 Å². The predicted octanol–water partition coefficient (Wildman–Crippen LogP) is 4.55. The summed E-state index contributed by atoms with van der Waals surface area (Å²) in [6.07, 6.45) is 22.4. The van der Waals surface area contributed by atoms with Crippen LogP contribution in [-0.2, 0) is 38.7 Å². The molecule has 0 amide bonds. The Kier molecular flexibility index (Phi) is 18.6. The zero-order valence-electron chi connectivity index (χ0n) is 23.6. The van der Waals surface area contributed by atoms with E-state index in [9.17, 15) is 0 Å². The summed E-state index contributed by atoms with van der Waals surface area (Å²) in [5, 5.41) is 1.34. The van der Waals surface area contributed by atoms with Crippen LogP contribution in [0.5, 0.6) is 0 Å². The van der Waals surface area contributed by atoms with Crippen molar-refractivity contribution in [3.05, 3.63) is 63.1 Å². The Bertz CT molecular complexity index is 1020. The summed E-state index contributed by atoms with van der Waals surface area (Å²) in [6, 6.07) is 0. The van der Waals surface area contributed by atoms with Crippen molar-refractivity contribution < 1.29 is 25.8 Å². The van der Waals surface area contributed by atoms with Gasteiger partial charge in [0, 0.05) is 72.9 Å². The number of likely N-dealkylation sites (N-methyl/N-ethyl adjacent to an activating group) is 1. The quantitative estimate of drug-likeness (QED) is 0.166.